The van der Waals surface area contributed by atoms with Gasteiger partial charge < -0.3 is 14.2 Å². The van der Waals surface area contributed by atoms with Crippen LogP contribution in [0.2, 0.25) is 0 Å². The summed E-state index contributed by atoms with van der Waals surface area (Å²) in [6, 6.07) is 17.3. The van der Waals surface area contributed by atoms with E-state index in [0.717, 1.165) is 30.6 Å². The lowest BCUT2D eigenvalue weighted by molar-refractivity contribution is 0.0600. The van der Waals surface area contributed by atoms with Crippen LogP contribution < -0.4 is 4.74 Å². The monoisotopic (exact) mass is 380 g/mol. The summed E-state index contributed by atoms with van der Waals surface area (Å²) in [6.45, 7) is 0.843. The molecule has 1 aliphatic heterocycles. The molecule has 0 N–H and O–H groups in total. The topological polar surface area (TPSA) is 55.6 Å². The predicted octanol–water partition coefficient (Wildman–Crippen LogP) is 4.76. The van der Waals surface area contributed by atoms with Crippen molar-refractivity contribution in [2.24, 2.45) is 0 Å². The minimum atomic E-state index is -0.281. The Bertz CT molecular complexity index is 924. The maximum absolute atomic E-state index is 13.3. The first-order valence-corrected chi connectivity index (χ1v) is 9.40. The first-order valence-electron chi connectivity index (χ1n) is 9.40. The summed E-state index contributed by atoms with van der Waals surface area (Å²) in [5, 5.41) is 3.94. The highest BCUT2D eigenvalue weighted by atomic mass is 19.1. The molecule has 6 heteroatoms. The lowest BCUT2D eigenvalue weighted by Gasteiger charge is -2.35. The molecule has 1 saturated heterocycles. The van der Waals surface area contributed by atoms with Crippen LogP contribution in [0.15, 0.2) is 65.2 Å². The molecule has 1 fully saturated rings. The minimum Gasteiger partial charge on any atom is -0.486 e. The van der Waals surface area contributed by atoms with Crippen molar-refractivity contribution in [2.45, 2.75) is 31.9 Å². The van der Waals surface area contributed by atoms with E-state index in [4.69, 9.17) is 9.26 Å². The van der Waals surface area contributed by atoms with Gasteiger partial charge in [0.1, 0.15) is 18.2 Å². The van der Waals surface area contributed by atoms with E-state index in [1.54, 1.807) is 23.1 Å². The van der Waals surface area contributed by atoms with Gasteiger partial charge in [-0.3, -0.25) is 4.79 Å². The van der Waals surface area contributed by atoms with Crippen molar-refractivity contribution in [2.75, 3.05) is 6.54 Å². The summed E-state index contributed by atoms with van der Waals surface area (Å²) >= 11 is 0. The molecule has 1 atom stereocenters. The van der Waals surface area contributed by atoms with Crippen LogP contribution in [-0.4, -0.2) is 22.5 Å². The molecule has 1 unspecified atom stereocenters. The van der Waals surface area contributed by atoms with Crippen LogP contribution >= 0.6 is 0 Å². The Balaban J connectivity index is 1.46. The highest BCUT2D eigenvalue weighted by molar-refractivity contribution is 5.92. The van der Waals surface area contributed by atoms with Crippen LogP contribution in [0.1, 0.15) is 47.1 Å². The van der Waals surface area contributed by atoms with Crippen molar-refractivity contribution in [3.8, 4) is 5.75 Å². The highest BCUT2D eigenvalue weighted by Crippen LogP contribution is 2.32. The Hall–Kier alpha value is -3.15. The molecule has 0 spiro atoms. The number of hydrogen-bond donors (Lipinski definition) is 0. The molecule has 144 valence electrons. The molecular weight excluding hydrogens is 359 g/mol. The number of hydrogen-bond acceptors (Lipinski definition) is 4. The van der Waals surface area contributed by atoms with Crippen molar-refractivity contribution in [3.05, 3.63) is 83.5 Å². The van der Waals surface area contributed by atoms with Gasteiger partial charge in [0, 0.05) is 12.6 Å². The quantitative estimate of drug-likeness (QED) is 0.640. The standard InChI is InChI=1S/C22H21FN2O3/c23-17-11-9-16(10-12-17)21-8-4-5-13-25(21)22(26)20-14-19(28-24-20)15-27-18-6-2-1-3-7-18/h1-3,6-7,9-12,14,21H,4-5,8,13,15H2. The molecule has 4 rings (SSSR count). The van der Waals surface area contributed by atoms with E-state index >= 15 is 0 Å². The number of carbonyl (C=O) groups is 1. The van der Waals surface area contributed by atoms with Crippen molar-refractivity contribution in [3.63, 3.8) is 0 Å². The van der Waals surface area contributed by atoms with Crippen LogP contribution in [-0.2, 0) is 6.61 Å². The van der Waals surface area contributed by atoms with E-state index in [0.29, 0.717) is 12.3 Å². The lowest BCUT2D eigenvalue weighted by Crippen LogP contribution is -2.38. The average molecular weight is 380 g/mol. The van der Waals surface area contributed by atoms with E-state index in [1.807, 2.05) is 30.3 Å². The Morgan fingerprint density at radius 3 is 2.71 bits per heavy atom. The molecule has 0 aliphatic carbocycles. The molecule has 28 heavy (non-hydrogen) atoms. The van der Waals surface area contributed by atoms with Crippen LogP contribution in [0.25, 0.3) is 0 Å². The maximum atomic E-state index is 13.3. The van der Waals surface area contributed by atoms with Crippen molar-refractivity contribution >= 4 is 5.91 Å². The second-order valence-electron chi connectivity index (χ2n) is 6.84. The van der Waals surface area contributed by atoms with Crippen LogP contribution in [0, 0.1) is 5.82 Å². The minimum absolute atomic E-state index is 0.0810. The second-order valence-corrected chi connectivity index (χ2v) is 6.84. The molecule has 1 aliphatic rings. The summed E-state index contributed by atoms with van der Waals surface area (Å²) in [5.74, 6) is 0.752. The molecular formula is C22H21FN2O3. The fourth-order valence-electron chi connectivity index (χ4n) is 3.51. The van der Waals surface area contributed by atoms with Gasteiger partial charge in [0.05, 0.1) is 6.04 Å². The van der Waals surface area contributed by atoms with E-state index in [-0.39, 0.29) is 30.1 Å². The zero-order chi connectivity index (χ0) is 19.3. The third-order valence-corrected chi connectivity index (χ3v) is 4.92. The Morgan fingerprint density at radius 1 is 1.14 bits per heavy atom. The number of benzene rings is 2. The number of rotatable bonds is 5. The zero-order valence-corrected chi connectivity index (χ0v) is 15.4. The van der Waals surface area contributed by atoms with Crippen LogP contribution in [0.4, 0.5) is 4.39 Å². The Labute approximate surface area is 162 Å². The molecule has 1 amide bonds. The lowest BCUT2D eigenvalue weighted by atomic mass is 9.95. The van der Waals surface area contributed by atoms with Gasteiger partial charge in [-0.1, -0.05) is 35.5 Å². The normalized spacial score (nSPS) is 16.8. The molecule has 0 radical (unpaired) electrons. The Kier molecular flexibility index (Phi) is 5.37. The summed E-state index contributed by atoms with van der Waals surface area (Å²) < 4.78 is 24.2. The number of ether oxygens (including phenoxy) is 1. The van der Waals surface area contributed by atoms with E-state index in [9.17, 15) is 9.18 Å². The first kappa shape index (κ1) is 18.2. The van der Waals surface area contributed by atoms with Crippen molar-refractivity contribution < 1.29 is 18.4 Å². The fourth-order valence-corrected chi connectivity index (χ4v) is 3.51. The van der Waals surface area contributed by atoms with Gasteiger partial charge in [-0.15, -0.1) is 0 Å². The molecule has 0 saturated carbocycles. The first-order chi connectivity index (χ1) is 13.7. The largest absolute Gasteiger partial charge is 0.486 e. The van der Waals surface area contributed by atoms with Gasteiger partial charge in [0.25, 0.3) is 5.91 Å². The summed E-state index contributed by atoms with van der Waals surface area (Å²) in [5.41, 5.74) is 1.20. The SMILES string of the molecule is O=C(c1cc(COc2ccccc2)on1)N1CCCCC1c1ccc(F)cc1. The summed E-state index contributed by atoms with van der Waals surface area (Å²) in [6.07, 6.45) is 2.81. The summed E-state index contributed by atoms with van der Waals surface area (Å²) in [4.78, 5) is 14.8. The van der Waals surface area contributed by atoms with Crippen LogP contribution in [0.3, 0.4) is 0 Å². The predicted molar refractivity (Wildman–Crippen MR) is 101 cm³/mol. The molecule has 1 aromatic heterocycles. The Morgan fingerprint density at radius 2 is 1.93 bits per heavy atom. The maximum Gasteiger partial charge on any atom is 0.276 e. The number of halogens is 1. The molecule has 5 nitrogen and oxygen atoms in total. The number of aromatic nitrogens is 1. The van der Waals surface area contributed by atoms with Crippen molar-refractivity contribution in [1.29, 1.82) is 0 Å². The third-order valence-electron chi connectivity index (χ3n) is 4.92. The van der Waals surface area contributed by atoms with Gasteiger partial charge in [0.2, 0.25) is 0 Å². The molecule has 0 bridgehead atoms. The highest BCUT2D eigenvalue weighted by Gasteiger charge is 2.30. The third kappa shape index (κ3) is 4.06. The van der Waals surface area contributed by atoms with Gasteiger partial charge in [-0.2, -0.15) is 0 Å². The number of carbonyl (C=O) groups excluding carboxylic acids is 1. The van der Waals surface area contributed by atoms with E-state index in [2.05, 4.69) is 5.16 Å². The van der Waals surface area contributed by atoms with Gasteiger partial charge in [-0.05, 0) is 49.1 Å². The van der Waals surface area contributed by atoms with Crippen LogP contribution in [0.5, 0.6) is 5.75 Å². The van der Waals surface area contributed by atoms with Crippen molar-refractivity contribution in [1.82, 2.24) is 10.1 Å². The molecule has 2 aromatic carbocycles. The van der Waals surface area contributed by atoms with E-state index < -0.39 is 0 Å². The number of amides is 1. The van der Waals surface area contributed by atoms with E-state index in [1.165, 1.54) is 12.1 Å². The number of piperidine rings is 1. The molecule has 3 aromatic rings. The second kappa shape index (κ2) is 8.25. The molecule has 2 heterocycles. The number of likely N-dealkylation sites (tertiary alicyclic amines) is 1. The fraction of sp³-hybridized carbons (Fsp3) is 0.273. The average Bonchev–Trinajstić information content (AvgIpc) is 3.22. The summed E-state index contributed by atoms with van der Waals surface area (Å²) in [7, 11) is 0. The number of nitrogens with zero attached hydrogens (tertiary/aromatic N) is 2. The van der Waals surface area contributed by atoms with Gasteiger partial charge in [-0.25, -0.2) is 4.39 Å². The van der Waals surface area contributed by atoms with Gasteiger partial charge >= 0.3 is 0 Å². The number of para-hydroxylation sites is 1. The zero-order valence-electron chi connectivity index (χ0n) is 15.4. The smallest absolute Gasteiger partial charge is 0.276 e. The van der Waals surface area contributed by atoms with Gasteiger partial charge in [0.15, 0.2) is 11.5 Å².